The number of anilines is 1. The van der Waals surface area contributed by atoms with Gasteiger partial charge in [-0.05, 0) is 46.7 Å². The minimum Gasteiger partial charge on any atom is -0.493 e. The molecule has 3 aromatic rings. The van der Waals surface area contributed by atoms with Gasteiger partial charge in [0.05, 0.1) is 6.61 Å². The van der Waals surface area contributed by atoms with Gasteiger partial charge in [-0.15, -0.1) is 0 Å². The quantitative estimate of drug-likeness (QED) is 0.418. The van der Waals surface area contributed by atoms with Crippen LogP contribution in [-0.4, -0.2) is 26.1 Å². The Kier molecular flexibility index (Phi) is 5.21. The molecule has 1 aliphatic rings. The van der Waals surface area contributed by atoms with Gasteiger partial charge in [0.1, 0.15) is 12.1 Å². The molecule has 0 amide bonds. The van der Waals surface area contributed by atoms with Crippen molar-refractivity contribution in [2.45, 2.75) is 49.2 Å². The van der Waals surface area contributed by atoms with Crippen LogP contribution in [0.1, 0.15) is 31.7 Å². The molecular weight excluding hydrogens is 461 g/mol. The molecule has 3 heterocycles. The van der Waals surface area contributed by atoms with Crippen molar-refractivity contribution in [1.29, 1.82) is 0 Å². The first-order valence-electron chi connectivity index (χ1n) is 8.77. The van der Waals surface area contributed by atoms with Crippen molar-refractivity contribution in [3.8, 4) is 5.75 Å². The largest absolute Gasteiger partial charge is 0.493 e. The minimum absolute atomic E-state index is 0.429. The molecule has 0 radical (unpaired) electrons. The van der Waals surface area contributed by atoms with Gasteiger partial charge in [-0.1, -0.05) is 31.5 Å². The number of hydrogen-bond donors (Lipinski definition) is 1. The number of rotatable bonds is 6. The minimum atomic E-state index is 0.429. The van der Waals surface area contributed by atoms with Gasteiger partial charge in [-0.25, -0.2) is 15.0 Å². The SMILES string of the molecule is CCCCCn1c(Sc2cc3c(cc2I)CCO3)nc2c(N)ncnc21. The van der Waals surface area contributed by atoms with Crippen molar-refractivity contribution in [3.05, 3.63) is 27.6 Å². The summed E-state index contributed by atoms with van der Waals surface area (Å²) in [7, 11) is 0. The summed E-state index contributed by atoms with van der Waals surface area (Å²) >= 11 is 4.03. The predicted octanol–water partition coefficient (Wildman–Crippen LogP) is 4.29. The smallest absolute Gasteiger partial charge is 0.175 e. The van der Waals surface area contributed by atoms with Crippen LogP contribution in [0.5, 0.6) is 5.75 Å². The summed E-state index contributed by atoms with van der Waals surface area (Å²) in [6.07, 6.45) is 5.93. The second-order valence-electron chi connectivity index (χ2n) is 6.28. The summed E-state index contributed by atoms with van der Waals surface area (Å²) in [5, 5.41) is 0.902. The Balaban J connectivity index is 1.73. The summed E-state index contributed by atoms with van der Waals surface area (Å²) in [6, 6.07) is 4.34. The van der Waals surface area contributed by atoms with Gasteiger partial charge in [0.25, 0.3) is 0 Å². The highest BCUT2D eigenvalue weighted by Gasteiger charge is 2.19. The zero-order valence-corrected chi connectivity index (χ0v) is 17.5. The zero-order valence-electron chi connectivity index (χ0n) is 14.5. The molecule has 0 saturated heterocycles. The van der Waals surface area contributed by atoms with E-state index in [2.05, 4.69) is 56.2 Å². The van der Waals surface area contributed by atoms with Crippen molar-refractivity contribution in [3.63, 3.8) is 0 Å². The lowest BCUT2D eigenvalue weighted by Crippen LogP contribution is -2.02. The molecule has 2 aromatic heterocycles. The number of ether oxygens (including phenoxy) is 1. The van der Waals surface area contributed by atoms with Crippen molar-refractivity contribution in [2.24, 2.45) is 0 Å². The maximum absolute atomic E-state index is 6.03. The van der Waals surface area contributed by atoms with E-state index < -0.39 is 0 Å². The molecule has 0 aliphatic carbocycles. The molecule has 0 unspecified atom stereocenters. The van der Waals surface area contributed by atoms with Crippen LogP contribution in [0.25, 0.3) is 11.2 Å². The van der Waals surface area contributed by atoms with E-state index in [-0.39, 0.29) is 0 Å². The van der Waals surface area contributed by atoms with Crippen LogP contribution in [0, 0.1) is 3.57 Å². The maximum atomic E-state index is 6.03. The molecule has 0 spiro atoms. The van der Waals surface area contributed by atoms with Gasteiger partial charge >= 0.3 is 0 Å². The summed E-state index contributed by atoms with van der Waals surface area (Å²) in [6.45, 7) is 3.84. The fraction of sp³-hybridized carbons (Fsp3) is 0.389. The Hall–Kier alpha value is -1.55. The van der Waals surface area contributed by atoms with Gasteiger partial charge < -0.3 is 15.0 Å². The van der Waals surface area contributed by atoms with Crippen LogP contribution in [-0.2, 0) is 13.0 Å². The van der Waals surface area contributed by atoms with E-state index in [1.54, 1.807) is 11.8 Å². The molecule has 0 bridgehead atoms. The zero-order chi connectivity index (χ0) is 18.1. The Morgan fingerprint density at radius 2 is 2.19 bits per heavy atom. The van der Waals surface area contributed by atoms with E-state index in [0.29, 0.717) is 11.3 Å². The van der Waals surface area contributed by atoms with Crippen LogP contribution in [0.4, 0.5) is 5.82 Å². The third-order valence-corrected chi connectivity index (χ3v) is 6.77. The second kappa shape index (κ2) is 7.59. The standard InChI is InChI=1S/C18H20IN5OS/c1-2-3-4-6-24-17-15(16(20)21-10-22-17)23-18(24)26-14-9-13-11(5-7-25-13)8-12(14)19/h8-10H,2-7H2,1H3,(H2,20,21,22). The molecule has 8 heteroatoms. The first-order valence-corrected chi connectivity index (χ1v) is 10.7. The molecule has 0 atom stereocenters. The highest BCUT2D eigenvalue weighted by atomic mass is 127. The van der Waals surface area contributed by atoms with Crippen LogP contribution >= 0.6 is 34.4 Å². The predicted molar refractivity (Wildman–Crippen MR) is 112 cm³/mol. The first-order chi connectivity index (χ1) is 12.7. The molecule has 136 valence electrons. The molecule has 6 nitrogen and oxygen atoms in total. The van der Waals surface area contributed by atoms with E-state index in [1.807, 2.05) is 0 Å². The second-order valence-corrected chi connectivity index (χ2v) is 8.45. The van der Waals surface area contributed by atoms with Crippen molar-refractivity contribution in [2.75, 3.05) is 12.3 Å². The van der Waals surface area contributed by atoms with Crippen LogP contribution in [0.15, 0.2) is 28.5 Å². The highest BCUT2D eigenvalue weighted by Crippen LogP contribution is 2.38. The van der Waals surface area contributed by atoms with Crippen LogP contribution in [0.2, 0.25) is 0 Å². The average Bonchev–Trinajstić information content (AvgIpc) is 3.21. The van der Waals surface area contributed by atoms with Gasteiger partial charge in [0.15, 0.2) is 22.1 Å². The fourth-order valence-electron chi connectivity index (χ4n) is 3.09. The Labute approximate surface area is 170 Å². The summed E-state index contributed by atoms with van der Waals surface area (Å²) in [5.41, 5.74) is 8.80. The number of nitrogens with two attached hydrogens (primary N) is 1. The lowest BCUT2D eigenvalue weighted by molar-refractivity contribution is 0.356. The summed E-state index contributed by atoms with van der Waals surface area (Å²) < 4.78 is 9.11. The number of aromatic nitrogens is 4. The van der Waals surface area contributed by atoms with Crippen molar-refractivity contribution in [1.82, 2.24) is 19.5 Å². The number of nitrogens with zero attached hydrogens (tertiary/aromatic N) is 4. The van der Waals surface area contributed by atoms with E-state index >= 15 is 0 Å². The van der Waals surface area contributed by atoms with E-state index in [9.17, 15) is 0 Å². The summed E-state index contributed by atoms with van der Waals surface area (Å²) in [5.74, 6) is 1.42. The molecular formula is C18H20IN5OS. The lowest BCUT2D eigenvalue weighted by Gasteiger charge is -2.10. The Bertz CT molecular complexity index is 958. The first kappa shape index (κ1) is 17.8. The van der Waals surface area contributed by atoms with Crippen molar-refractivity contribution < 1.29 is 4.74 Å². The third-order valence-electron chi connectivity index (χ3n) is 4.46. The van der Waals surface area contributed by atoms with Crippen LogP contribution < -0.4 is 10.5 Å². The van der Waals surface area contributed by atoms with Gasteiger partial charge in [0.2, 0.25) is 0 Å². The Morgan fingerprint density at radius 3 is 3.04 bits per heavy atom. The van der Waals surface area contributed by atoms with E-state index in [4.69, 9.17) is 15.5 Å². The fourth-order valence-corrected chi connectivity index (χ4v) is 4.89. The topological polar surface area (TPSA) is 78.9 Å². The van der Waals surface area contributed by atoms with E-state index in [1.165, 1.54) is 28.3 Å². The number of unbranched alkanes of at least 4 members (excludes halogenated alkanes) is 2. The molecule has 0 fully saturated rings. The normalized spacial score (nSPS) is 13.2. The van der Waals surface area contributed by atoms with Crippen LogP contribution in [0.3, 0.4) is 0 Å². The number of imidazole rings is 1. The number of aryl methyl sites for hydroxylation is 1. The molecule has 2 N–H and O–H groups in total. The number of hydrogen-bond acceptors (Lipinski definition) is 6. The molecule has 4 rings (SSSR count). The highest BCUT2D eigenvalue weighted by molar-refractivity contribution is 14.1. The molecule has 1 aliphatic heterocycles. The lowest BCUT2D eigenvalue weighted by atomic mass is 10.2. The monoisotopic (exact) mass is 481 g/mol. The number of halogens is 1. The van der Waals surface area contributed by atoms with E-state index in [0.717, 1.165) is 47.4 Å². The number of nitrogen functional groups attached to an aromatic ring is 1. The summed E-state index contributed by atoms with van der Waals surface area (Å²) in [4.78, 5) is 14.4. The van der Waals surface area contributed by atoms with Gasteiger partial charge in [0, 0.05) is 21.4 Å². The molecule has 26 heavy (non-hydrogen) atoms. The number of fused-ring (bicyclic) bond motifs is 2. The third kappa shape index (κ3) is 3.36. The maximum Gasteiger partial charge on any atom is 0.175 e. The number of benzene rings is 1. The molecule has 1 aromatic carbocycles. The van der Waals surface area contributed by atoms with Crippen molar-refractivity contribution >= 4 is 51.3 Å². The Morgan fingerprint density at radius 1 is 1.31 bits per heavy atom. The van der Waals surface area contributed by atoms with Gasteiger partial charge in [-0.3, -0.25) is 0 Å². The van der Waals surface area contributed by atoms with Gasteiger partial charge in [-0.2, -0.15) is 0 Å². The molecule has 0 saturated carbocycles. The average molecular weight is 481 g/mol.